The summed E-state index contributed by atoms with van der Waals surface area (Å²) in [6.07, 6.45) is 1.35. The molecule has 0 aliphatic heterocycles. The van der Waals surface area contributed by atoms with Crippen LogP contribution in [0.3, 0.4) is 0 Å². The van der Waals surface area contributed by atoms with Crippen molar-refractivity contribution in [3.05, 3.63) is 53.1 Å². The molecule has 0 saturated carbocycles. The van der Waals surface area contributed by atoms with Crippen molar-refractivity contribution in [3.8, 4) is 17.2 Å². The van der Waals surface area contributed by atoms with E-state index in [4.69, 9.17) is 19.4 Å². The molecule has 2 aromatic carbocycles. The lowest BCUT2D eigenvalue weighted by atomic mass is 10.0. The molecule has 0 aliphatic rings. The van der Waals surface area contributed by atoms with E-state index in [1.54, 1.807) is 18.2 Å². The maximum Gasteiger partial charge on any atom is 0.161 e. The molecule has 0 unspecified atom stereocenters. The molecule has 0 spiro atoms. The molecule has 2 aromatic rings. The van der Waals surface area contributed by atoms with Crippen molar-refractivity contribution >= 4 is 6.21 Å². The highest BCUT2D eigenvalue weighted by Gasteiger charge is 2.09. The fourth-order valence-corrected chi connectivity index (χ4v) is 2.61. The lowest BCUT2D eigenvalue weighted by Gasteiger charge is -2.16. The highest BCUT2D eigenvalue weighted by Crippen LogP contribution is 2.29. The van der Waals surface area contributed by atoms with Crippen molar-refractivity contribution in [2.75, 3.05) is 19.8 Å². The number of aryl methyl sites for hydroxylation is 1. The van der Waals surface area contributed by atoms with E-state index in [1.807, 2.05) is 6.92 Å². The largest absolute Gasteiger partial charge is 0.490 e. The summed E-state index contributed by atoms with van der Waals surface area (Å²) in [5.41, 5.74) is 3.10. The lowest BCUT2D eigenvalue weighted by molar-refractivity contribution is 0.207. The Balaban J connectivity index is 1.99. The van der Waals surface area contributed by atoms with Crippen molar-refractivity contribution in [2.45, 2.75) is 33.6 Å². The van der Waals surface area contributed by atoms with E-state index in [1.165, 1.54) is 17.3 Å². The van der Waals surface area contributed by atoms with Crippen LogP contribution in [-0.2, 0) is 0 Å². The van der Waals surface area contributed by atoms with Crippen molar-refractivity contribution in [1.29, 1.82) is 0 Å². The molecular weight excluding hydrogens is 330 g/mol. The van der Waals surface area contributed by atoms with Gasteiger partial charge in [0.2, 0.25) is 0 Å². The van der Waals surface area contributed by atoms with Gasteiger partial charge in [0.25, 0.3) is 0 Å². The van der Waals surface area contributed by atoms with Crippen molar-refractivity contribution < 1.29 is 19.4 Å². The van der Waals surface area contributed by atoms with Gasteiger partial charge in [-0.05, 0) is 55.2 Å². The first-order valence-electron chi connectivity index (χ1n) is 8.85. The summed E-state index contributed by atoms with van der Waals surface area (Å²) in [6.45, 7) is 9.63. The summed E-state index contributed by atoms with van der Waals surface area (Å²) in [5.74, 6) is 2.56. The topological polar surface area (TPSA) is 60.3 Å². The standard InChI is InChI=1S/C21H27NO4/c1-5-24-21-13-17(14-22-23)7-9-19(21)25-10-11-26-20-12-16(4)6-8-18(20)15(2)3/h6-9,12-15,23H,5,10-11H2,1-4H3. The summed E-state index contributed by atoms with van der Waals surface area (Å²) in [6, 6.07) is 11.7. The molecule has 0 aliphatic carbocycles. The Hall–Kier alpha value is -2.69. The Bertz CT molecular complexity index is 741. The zero-order valence-electron chi connectivity index (χ0n) is 15.9. The van der Waals surface area contributed by atoms with Crippen molar-refractivity contribution in [3.63, 3.8) is 0 Å². The second kappa shape index (κ2) is 9.70. The fourth-order valence-electron chi connectivity index (χ4n) is 2.61. The van der Waals surface area contributed by atoms with Crippen molar-refractivity contribution in [2.24, 2.45) is 5.16 Å². The SMILES string of the molecule is CCOc1cc(C=NO)ccc1OCCOc1cc(C)ccc1C(C)C. The molecule has 26 heavy (non-hydrogen) atoms. The van der Waals surface area contributed by atoms with Crippen LogP contribution in [0.5, 0.6) is 17.2 Å². The zero-order chi connectivity index (χ0) is 18.9. The molecule has 0 heterocycles. The first kappa shape index (κ1) is 19.6. The summed E-state index contributed by atoms with van der Waals surface area (Å²) >= 11 is 0. The maximum atomic E-state index is 8.65. The predicted molar refractivity (Wildman–Crippen MR) is 103 cm³/mol. The van der Waals surface area contributed by atoms with E-state index >= 15 is 0 Å². The van der Waals surface area contributed by atoms with Gasteiger partial charge in [-0.25, -0.2) is 0 Å². The smallest absolute Gasteiger partial charge is 0.161 e. The quantitative estimate of drug-likeness (QED) is 0.304. The van der Waals surface area contributed by atoms with E-state index in [9.17, 15) is 0 Å². The molecule has 140 valence electrons. The number of ether oxygens (including phenoxy) is 3. The molecular formula is C21H27NO4. The molecule has 0 radical (unpaired) electrons. The summed E-state index contributed by atoms with van der Waals surface area (Å²) in [7, 11) is 0. The Morgan fingerprint density at radius 2 is 1.69 bits per heavy atom. The van der Waals surface area contributed by atoms with E-state index in [2.05, 4.69) is 44.1 Å². The zero-order valence-corrected chi connectivity index (χ0v) is 15.9. The third-order valence-corrected chi connectivity index (χ3v) is 3.86. The highest BCUT2D eigenvalue weighted by molar-refractivity contribution is 5.80. The molecule has 0 saturated heterocycles. The van der Waals surface area contributed by atoms with Gasteiger partial charge in [-0.3, -0.25) is 0 Å². The van der Waals surface area contributed by atoms with Crippen LogP contribution in [0.2, 0.25) is 0 Å². The number of nitrogens with zero attached hydrogens (tertiary/aromatic N) is 1. The van der Waals surface area contributed by atoms with Crippen LogP contribution in [0.4, 0.5) is 0 Å². The lowest BCUT2D eigenvalue weighted by Crippen LogP contribution is -2.11. The Labute approximate surface area is 155 Å². The maximum absolute atomic E-state index is 8.65. The van der Waals surface area contributed by atoms with Crippen LogP contribution in [0.1, 0.15) is 43.4 Å². The third kappa shape index (κ3) is 5.41. The van der Waals surface area contributed by atoms with E-state index in [0.29, 0.717) is 37.2 Å². The van der Waals surface area contributed by atoms with E-state index < -0.39 is 0 Å². The van der Waals surface area contributed by atoms with Gasteiger partial charge in [0.05, 0.1) is 12.8 Å². The predicted octanol–water partition coefficient (Wildman–Crippen LogP) is 4.78. The van der Waals surface area contributed by atoms with Gasteiger partial charge in [0.15, 0.2) is 11.5 Å². The average molecular weight is 357 g/mol. The third-order valence-electron chi connectivity index (χ3n) is 3.86. The second-order valence-corrected chi connectivity index (χ2v) is 6.28. The van der Waals surface area contributed by atoms with Crippen LogP contribution in [0, 0.1) is 6.92 Å². The molecule has 2 rings (SSSR count). The number of benzene rings is 2. The summed E-state index contributed by atoms with van der Waals surface area (Å²) in [4.78, 5) is 0. The number of rotatable bonds is 9. The number of hydrogen-bond acceptors (Lipinski definition) is 5. The Kier molecular flexibility index (Phi) is 7.33. The van der Waals surface area contributed by atoms with Crippen LogP contribution in [0.15, 0.2) is 41.6 Å². The minimum atomic E-state index is 0.400. The van der Waals surface area contributed by atoms with Gasteiger partial charge < -0.3 is 19.4 Å². The molecule has 5 nitrogen and oxygen atoms in total. The highest BCUT2D eigenvalue weighted by atomic mass is 16.5. The molecule has 0 fully saturated rings. The summed E-state index contributed by atoms with van der Waals surface area (Å²) in [5, 5.41) is 11.7. The van der Waals surface area contributed by atoms with Crippen LogP contribution in [-0.4, -0.2) is 31.2 Å². The van der Waals surface area contributed by atoms with Crippen LogP contribution < -0.4 is 14.2 Å². The molecule has 1 N–H and O–H groups in total. The molecule has 0 amide bonds. The Morgan fingerprint density at radius 3 is 2.35 bits per heavy atom. The van der Waals surface area contributed by atoms with Gasteiger partial charge in [-0.1, -0.05) is 31.1 Å². The molecule has 0 aromatic heterocycles. The van der Waals surface area contributed by atoms with Gasteiger partial charge in [0, 0.05) is 5.56 Å². The number of oxime groups is 1. The summed E-state index contributed by atoms with van der Waals surface area (Å²) < 4.78 is 17.4. The minimum absolute atomic E-state index is 0.400. The average Bonchev–Trinajstić information content (AvgIpc) is 2.60. The molecule has 0 bridgehead atoms. The van der Waals surface area contributed by atoms with Gasteiger partial charge in [-0.2, -0.15) is 0 Å². The van der Waals surface area contributed by atoms with E-state index in [-0.39, 0.29) is 0 Å². The van der Waals surface area contributed by atoms with Crippen LogP contribution in [0.25, 0.3) is 0 Å². The fraction of sp³-hybridized carbons (Fsp3) is 0.381. The first-order chi connectivity index (χ1) is 12.5. The Morgan fingerprint density at radius 1 is 0.962 bits per heavy atom. The minimum Gasteiger partial charge on any atom is -0.490 e. The van der Waals surface area contributed by atoms with Gasteiger partial charge >= 0.3 is 0 Å². The second-order valence-electron chi connectivity index (χ2n) is 6.28. The van der Waals surface area contributed by atoms with E-state index in [0.717, 1.165) is 11.3 Å². The van der Waals surface area contributed by atoms with Gasteiger partial charge in [-0.15, -0.1) is 0 Å². The van der Waals surface area contributed by atoms with Crippen LogP contribution >= 0.6 is 0 Å². The van der Waals surface area contributed by atoms with Gasteiger partial charge in [0.1, 0.15) is 19.0 Å². The number of hydrogen-bond donors (Lipinski definition) is 1. The molecule has 5 heteroatoms. The normalized spacial score (nSPS) is 11.1. The molecule has 0 atom stereocenters. The monoisotopic (exact) mass is 357 g/mol. The first-order valence-corrected chi connectivity index (χ1v) is 8.85. The van der Waals surface area contributed by atoms with Crippen molar-refractivity contribution in [1.82, 2.24) is 0 Å².